The first-order chi connectivity index (χ1) is 8.60. The van der Waals surface area contributed by atoms with Gasteiger partial charge in [-0.25, -0.2) is 4.79 Å². The number of imidazole rings is 1. The highest BCUT2D eigenvalue weighted by molar-refractivity contribution is 5.75. The molecular formula is C12H17N3O3. The molecule has 98 valence electrons. The molecule has 0 bridgehead atoms. The number of fused-ring (bicyclic) bond motifs is 1. The maximum atomic E-state index is 11.1. The molecule has 0 aliphatic carbocycles. The van der Waals surface area contributed by atoms with Crippen LogP contribution < -0.4 is 11.0 Å². The van der Waals surface area contributed by atoms with Gasteiger partial charge in [0, 0.05) is 12.6 Å². The van der Waals surface area contributed by atoms with Gasteiger partial charge in [-0.05, 0) is 24.6 Å². The zero-order valence-electron chi connectivity index (χ0n) is 10.1. The van der Waals surface area contributed by atoms with E-state index in [9.17, 15) is 9.90 Å². The van der Waals surface area contributed by atoms with Crippen LogP contribution in [0.25, 0.3) is 11.0 Å². The second kappa shape index (κ2) is 5.34. The Morgan fingerprint density at radius 2 is 2.06 bits per heavy atom. The topological polar surface area (TPSA) is 101 Å². The molecule has 2 rings (SSSR count). The second-order valence-electron chi connectivity index (χ2n) is 4.35. The van der Waals surface area contributed by atoms with E-state index in [2.05, 4.69) is 15.3 Å². The molecule has 0 fully saturated rings. The third-order valence-electron chi connectivity index (χ3n) is 2.91. The number of aliphatic hydroxyl groups excluding tert-OH is 2. The van der Waals surface area contributed by atoms with Crippen molar-refractivity contribution in [3.05, 3.63) is 34.2 Å². The Bertz CT molecular complexity index is 575. The monoisotopic (exact) mass is 251 g/mol. The van der Waals surface area contributed by atoms with E-state index >= 15 is 0 Å². The smallest absolute Gasteiger partial charge is 0.323 e. The quantitative estimate of drug-likeness (QED) is 0.510. The van der Waals surface area contributed by atoms with Crippen molar-refractivity contribution >= 4 is 11.0 Å². The molecule has 0 aliphatic rings. The number of rotatable bonds is 5. The second-order valence-corrected chi connectivity index (χ2v) is 4.35. The van der Waals surface area contributed by atoms with E-state index in [1.54, 1.807) is 0 Å². The largest absolute Gasteiger partial charge is 0.394 e. The maximum Gasteiger partial charge on any atom is 0.323 e. The Labute approximate surface area is 104 Å². The first-order valence-electron chi connectivity index (χ1n) is 5.84. The fourth-order valence-electron chi connectivity index (χ4n) is 1.81. The Kier molecular flexibility index (Phi) is 3.81. The van der Waals surface area contributed by atoms with Gasteiger partial charge in [-0.3, -0.25) is 0 Å². The molecule has 5 N–H and O–H groups in total. The van der Waals surface area contributed by atoms with Crippen LogP contribution in [0.5, 0.6) is 0 Å². The predicted molar refractivity (Wildman–Crippen MR) is 68.4 cm³/mol. The van der Waals surface area contributed by atoms with Crippen molar-refractivity contribution in [1.29, 1.82) is 0 Å². The lowest BCUT2D eigenvalue weighted by Gasteiger charge is -2.16. The van der Waals surface area contributed by atoms with Crippen molar-refractivity contribution in [3.8, 4) is 0 Å². The average molecular weight is 251 g/mol. The van der Waals surface area contributed by atoms with E-state index in [0.717, 1.165) is 16.6 Å². The lowest BCUT2D eigenvalue weighted by atomic mass is 10.1. The summed E-state index contributed by atoms with van der Waals surface area (Å²) in [4.78, 5) is 16.5. The van der Waals surface area contributed by atoms with E-state index in [1.165, 1.54) is 0 Å². The Balaban J connectivity index is 2.12. The molecule has 0 radical (unpaired) electrons. The van der Waals surface area contributed by atoms with Crippen molar-refractivity contribution in [3.63, 3.8) is 0 Å². The number of H-pyrrole nitrogens is 2. The molecule has 2 atom stereocenters. The van der Waals surface area contributed by atoms with Crippen LogP contribution in [0.15, 0.2) is 23.0 Å². The van der Waals surface area contributed by atoms with Crippen LogP contribution >= 0.6 is 0 Å². The fourth-order valence-corrected chi connectivity index (χ4v) is 1.81. The number of aliphatic hydroxyl groups is 2. The lowest BCUT2D eigenvalue weighted by molar-refractivity contribution is 0.0924. The fraction of sp³-hybridized carbons (Fsp3) is 0.417. The highest BCUT2D eigenvalue weighted by atomic mass is 16.3. The van der Waals surface area contributed by atoms with Gasteiger partial charge in [-0.15, -0.1) is 0 Å². The molecule has 0 aliphatic heterocycles. The summed E-state index contributed by atoms with van der Waals surface area (Å²) in [6.45, 7) is 2.01. The van der Waals surface area contributed by atoms with Gasteiger partial charge in [0.15, 0.2) is 0 Å². The van der Waals surface area contributed by atoms with E-state index in [4.69, 9.17) is 5.11 Å². The molecule has 6 nitrogen and oxygen atoms in total. The summed E-state index contributed by atoms with van der Waals surface area (Å²) in [5.74, 6) is 0. The number of aromatic amines is 2. The molecule has 2 aromatic rings. The van der Waals surface area contributed by atoms with Gasteiger partial charge in [0.1, 0.15) is 0 Å². The Morgan fingerprint density at radius 3 is 2.78 bits per heavy atom. The van der Waals surface area contributed by atoms with Gasteiger partial charge in [0.25, 0.3) is 0 Å². The van der Waals surface area contributed by atoms with Crippen molar-refractivity contribution in [2.45, 2.75) is 19.1 Å². The number of aromatic nitrogens is 2. The molecule has 6 heteroatoms. The van der Waals surface area contributed by atoms with E-state index in [1.807, 2.05) is 25.1 Å². The highest BCUT2D eigenvalue weighted by Gasteiger charge is 2.09. The molecule has 1 aromatic heterocycles. The van der Waals surface area contributed by atoms with Crippen LogP contribution in [0.1, 0.15) is 18.5 Å². The van der Waals surface area contributed by atoms with Crippen molar-refractivity contribution in [2.75, 3.05) is 13.2 Å². The predicted octanol–water partition coefficient (Wildman–Crippen LogP) is -0.140. The Hall–Kier alpha value is -1.63. The van der Waals surface area contributed by atoms with Gasteiger partial charge >= 0.3 is 5.69 Å². The number of hydrogen-bond acceptors (Lipinski definition) is 4. The minimum Gasteiger partial charge on any atom is -0.394 e. The summed E-state index contributed by atoms with van der Waals surface area (Å²) < 4.78 is 0. The van der Waals surface area contributed by atoms with Gasteiger partial charge in [0.05, 0.1) is 23.7 Å². The molecule has 0 amide bonds. The van der Waals surface area contributed by atoms with Crippen molar-refractivity contribution < 1.29 is 10.2 Å². The van der Waals surface area contributed by atoms with Crippen LogP contribution in [-0.4, -0.2) is 39.4 Å². The summed E-state index contributed by atoms with van der Waals surface area (Å²) in [6, 6.07) is 5.66. The van der Waals surface area contributed by atoms with E-state index in [0.29, 0.717) is 6.54 Å². The van der Waals surface area contributed by atoms with Crippen LogP contribution in [-0.2, 0) is 0 Å². The summed E-state index contributed by atoms with van der Waals surface area (Å²) in [5.41, 5.74) is 2.31. The average Bonchev–Trinajstić information content (AvgIpc) is 2.74. The maximum absolute atomic E-state index is 11.1. The minimum atomic E-state index is -0.761. The third kappa shape index (κ3) is 2.79. The minimum absolute atomic E-state index is 0.0222. The SMILES string of the molecule is CC(NCC(O)CO)c1ccc2[nH]c(=O)[nH]c2c1. The van der Waals surface area contributed by atoms with E-state index in [-0.39, 0.29) is 18.3 Å². The van der Waals surface area contributed by atoms with Crippen LogP contribution in [0, 0.1) is 0 Å². The number of nitrogens with one attached hydrogen (secondary N) is 3. The third-order valence-corrected chi connectivity index (χ3v) is 2.91. The van der Waals surface area contributed by atoms with Crippen LogP contribution in [0.4, 0.5) is 0 Å². The number of benzene rings is 1. The van der Waals surface area contributed by atoms with Gasteiger partial charge in [-0.1, -0.05) is 6.07 Å². The van der Waals surface area contributed by atoms with Crippen molar-refractivity contribution in [2.24, 2.45) is 0 Å². The first-order valence-corrected chi connectivity index (χ1v) is 5.84. The van der Waals surface area contributed by atoms with Crippen LogP contribution in [0.2, 0.25) is 0 Å². The normalized spacial score (nSPS) is 14.8. The number of hydrogen-bond donors (Lipinski definition) is 5. The molecule has 1 heterocycles. The molecule has 0 saturated heterocycles. The first kappa shape index (κ1) is 12.8. The summed E-state index contributed by atoms with van der Waals surface area (Å²) >= 11 is 0. The summed E-state index contributed by atoms with van der Waals surface area (Å²) in [5, 5.41) is 21.1. The van der Waals surface area contributed by atoms with Gasteiger partial charge < -0.3 is 25.5 Å². The molecule has 2 unspecified atom stereocenters. The lowest BCUT2D eigenvalue weighted by Crippen LogP contribution is -2.31. The molecule has 1 aromatic carbocycles. The zero-order chi connectivity index (χ0) is 13.1. The highest BCUT2D eigenvalue weighted by Crippen LogP contribution is 2.16. The standard InChI is InChI=1S/C12H17N3O3/c1-7(13-5-9(17)6-16)8-2-3-10-11(4-8)15-12(18)14-10/h2-4,7,9,13,16-17H,5-6H2,1H3,(H2,14,15,18). The molecular weight excluding hydrogens is 234 g/mol. The zero-order valence-corrected chi connectivity index (χ0v) is 10.1. The molecule has 0 spiro atoms. The van der Waals surface area contributed by atoms with Gasteiger partial charge in [0.2, 0.25) is 0 Å². The summed E-state index contributed by atoms with van der Waals surface area (Å²) in [7, 11) is 0. The molecule has 0 saturated carbocycles. The van der Waals surface area contributed by atoms with Crippen LogP contribution in [0.3, 0.4) is 0 Å². The Morgan fingerprint density at radius 1 is 1.33 bits per heavy atom. The summed E-state index contributed by atoms with van der Waals surface area (Å²) in [6.07, 6.45) is -0.761. The van der Waals surface area contributed by atoms with Crippen molar-refractivity contribution in [1.82, 2.24) is 15.3 Å². The van der Waals surface area contributed by atoms with Gasteiger partial charge in [-0.2, -0.15) is 0 Å². The van der Waals surface area contributed by atoms with E-state index < -0.39 is 6.10 Å². The molecule has 18 heavy (non-hydrogen) atoms.